The maximum atomic E-state index is 12.6. The average Bonchev–Trinajstić information content (AvgIpc) is 3.02. The summed E-state index contributed by atoms with van der Waals surface area (Å²) in [6.45, 7) is 5.76. The Kier molecular flexibility index (Phi) is 4.25. The number of rotatable bonds is 3. The third kappa shape index (κ3) is 2.77. The second-order valence-corrected chi connectivity index (χ2v) is 6.24. The van der Waals surface area contributed by atoms with E-state index in [-0.39, 0.29) is 23.9 Å². The highest BCUT2D eigenvalue weighted by atomic mass is 16.6. The van der Waals surface area contributed by atoms with Gasteiger partial charge in [-0.1, -0.05) is 13.0 Å². The first-order valence-electron chi connectivity index (χ1n) is 8.03. The molecule has 0 spiro atoms. The van der Waals surface area contributed by atoms with E-state index in [1.54, 1.807) is 0 Å². The number of fused-ring (bicyclic) bond motifs is 1. The molecule has 0 bridgehead atoms. The Labute approximate surface area is 131 Å². The lowest BCUT2D eigenvalue weighted by Crippen LogP contribution is -2.41. The van der Waals surface area contributed by atoms with Gasteiger partial charge in [0, 0.05) is 12.6 Å². The Morgan fingerprint density at radius 2 is 2.00 bits per heavy atom. The van der Waals surface area contributed by atoms with E-state index in [1.807, 2.05) is 36.9 Å². The van der Waals surface area contributed by atoms with Crippen molar-refractivity contribution in [2.75, 3.05) is 19.8 Å². The standard InChI is InChI=1S/C17H24N2O3/c1-11(12(2)18)17(20)19-7-3-4-14(19)13-5-6-15-16(10-13)22-9-8-21-15/h5-6,10-12,14H,3-4,7-9,18H2,1-2H3. The molecule has 0 saturated carbocycles. The van der Waals surface area contributed by atoms with Crippen LogP contribution in [-0.4, -0.2) is 36.6 Å². The number of nitrogens with zero attached hydrogens (tertiary/aromatic N) is 1. The topological polar surface area (TPSA) is 64.8 Å². The summed E-state index contributed by atoms with van der Waals surface area (Å²) in [5.74, 6) is 1.56. The van der Waals surface area contributed by atoms with Gasteiger partial charge in [-0.15, -0.1) is 0 Å². The number of amides is 1. The van der Waals surface area contributed by atoms with Gasteiger partial charge in [0.1, 0.15) is 13.2 Å². The summed E-state index contributed by atoms with van der Waals surface area (Å²) < 4.78 is 11.2. The third-order valence-corrected chi connectivity index (χ3v) is 4.67. The summed E-state index contributed by atoms with van der Waals surface area (Å²) in [5, 5.41) is 0. The van der Waals surface area contributed by atoms with Crippen LogP contribution in [0.2, 0.25) is 0 Å². The number of benzene rings is 1. The van der Waals surface area contributed by atoms with Gasteiger partial charge in [-0.3, -0.25) is 4.79 Å². The van der Waals surface area contributed by atoms with E-state index in [2.05, 4.69) is 0 Å². The number of likely N-dealkylation sites (tertiary alicyclic amines) is 1. The van der Waals surface area contributed by atoms with Gasteiger partial charge in [-0.2, -0.15) is 0 Å². The molecule has 5 nitrogen and oxygen atoms in total. The second-order valence-electron chi connectivity index (χ2n) is 6.24. The monoisotopic (exact) mass is 304 g/mol. The summed E-state index contributed by atoms with van der Waals surface area (Å²) in [6.07, 6.45) is 2.01. The van der Waals surface area contributed by atoms with Gasteiger partial charge >= 0.3 is 0 Å². The van der Waals surface area contributed by atoms with Crippen molar-refractivity contribution in [1.29, 1.82) is 0 Å². The Morgan fingerprint density at radius 1 is 1.27 bits per heavy atom. The highest BCUT2D eigenvalue weighted by molar-refractivity contribution is 5.80. The Hall–Kier alpha value is -1.75. The van der Waals surface area contributed by atoms with Gasteiger partial charge in [0.25, 0.3) is 0 Å². The van der Waals surface area contributed by atoms with Crippen molar-refractivity contribution in [1.82, 2.24) is 4.90 Å². The predicted octanol–water partition coefficient (Wildman–Crippen LogP) is 2.10. The molecule has 3 unspecified atom stereocenters. The second kappa shape index (κ2) is 6.16. The maximum absolute atomic E-state index is 12.6. The fourth-order valence-corrected chi connectivity index (χ4v) is 3.13. The summed E-state index contributed by atoms with van der Waals surface area (Å²) in [6, 6.07) is 5.99. The molecule has 1 fully saturated rings. The summed E-state index contributed by atoms with van der Waals surface area (Å²) in [7, 11) is 0. The van der Waals surface area contributed by atoms with Crippen LogP contribution in [-0.2, 0) is 4.79 Å². The molecule has 3 rings (SSSR count). The van der Waals surface area contributed by atoms with Gasteiger partial charge in [0.05, 0.1) is 12.0 Å². The fraction of sp³-hybridized carbons (Fsp3) is 0.588. The first kappa shape index (κ1) is 15.2. The molecule has 1 aromatic carbocycles. The molecule has 0 radical (unpaired) electrons. The number of hydrogen-bond donors (Lipinski definition) is 1. The zero-order chi connectivity index (χ0) is 15.7. The Morgan fingerprint density at radius 3 is 2.73 bits per heavy atom. The van der Waals surface area contributed by atoms with E-state index in [4.69, 9.17) is 15.2 Å². The minimum atomic E-state index is -0.155. The first-order chi connectivity index (χ1) is 10.6. The minimum Gasteiger partial charge on any atom is -0.486 e. The molecular formula is C17H24N2O3. The van der Waals surface area contributed by atoms with Gasteiger partial charge in [0.2, 0.25) is 5.91 Å². The van der Waals surface area contributed by atoms with Crippen LogP contribution >= 0.6 is 0 Å². The number of nitrogens with two attached hydrogens (primary N) is 1. The molecule has 2 heterocycles. The van der Waals surface area contributed by atoms with Crippen LogP contribution in [0.25, 0.3) is 0 Å². The lowest BCUT2D eigenvalue weighted by atomic mass is 9.99. The van der Waals surface area contributed by atoms with Crippen LogP contribution in [0.15, 0.2) is 18.2 Å². The van der Waals surface area contributed by atoms with Gasteiger partial charge in [-0.25, -0.2) is 0 Å². The van der Waals surface area contributed by atoms with Crippen LogP contribution in [0.3, 0.4) is 0 Å². The molecule has 1 aromatic rings. The van der Waals surface area contributed by atoms with Crippen molar-refractivity contribution < 1.29 is 14.3 Å². The lowest BCUT2D eigenvalue weighted by Gasteiger charge is -2.30. The minimum absolute atomic E-state index is 0.115. The molecule has 5 heteroatoms. The zero-order valence-corrected chi connectivity index (χ0v) is 13.2. The van der Waals surface area contributed by atoms with Gasteiger partial charge in [0.15, 0.2) is 11.5 Å². The summed E-state index contributed by atoms with van der Waals surface area (Å²) >= 11 is 0. The van der Waals surface area contributed by atoms with Crippen molar-refractivity contribution in [3.63, 3.8) is 0 Å². The summed E-state index contributed by atoms with van der Waals surface area (Å²) in [5.41, 5.74) is 7.01. The number of carbonyl (C=O) groups excluding carboxylic acids is 1. The van der Waals surface area contributed by atoms with Crippen LogP contribution in [0.4, 0.5) is 0 Å². The molecular weight excluding hydrogens is 280 g/mol. The van der Waals surface area contributed by atoms with E-state index in [0.717, 1.165) is 36.4 Å². The number of carbonyl (C=O) groups is 1. The van der Waals surface area contributed by atoms with Crippen LogP contribution < -0.4 is 15.2 Å². The number of ether oxygens (including phenoxy) is 2. The van der Waals surface area contributed by atoms with Crippen LogP contribution in [0, 0.1) is 5.92 Å². The molecule has 1 amide bonds. The third-order valence-electron chi connectivity index (χ3n) is 4.67. The van der Waals surface area contributed by atoms with E-state index in [9.17, 15) is 4.79 Å². The van der Waals surface area contributed by atoms with Crippen molar-refractivity contribution in [2.24, 2.45) is 11.7 Å². The highest BCUT2D eigenvalue weighted by Crippen LogP contribution is 2.38. The predicted molar refractivity (Wildman–Crippen MR) is 83.9 cm³/mol. The van der Waals surface area contributed by atoms with Gasteiger partial charge in [-0.05, 0) is 37.5 Å². The molecule has 3 atom stereocenters. The smallest absolute Gasteiger partial charge is 0.227 e. The van der Waals surface area contributed by atoms with Gasteiger partial charge < -0.3 is 20.1 Å². The molecule has 0 aromatic heterocycles. The van der Waals surface area contributed by atoms with E-state index >= 15 is 0 Å². The first-order valence-corrected chi connectivity index (χ1v) is 8.03. The molecule has 0 aliphatic carbocycles. The Balaban J connectivity index is 1.82. The molecule has 120 valence electrons. The van der Waals surface area contributed by atoms with Crippen molar-refractivity contribution in [2.45, 2.75) is 38.8 Å². The number of hydrogen-bond acceptors (Lipinski definition) is 4. The molecule has 2 N–H and O–H groups in total. The molecule has 2 aliphatic heterocycles. The largest absolute Gasteiger partial charge is 0.486 e. The quantitative estimate of drug-likeness (QED) is 0.929. The summed E-state index contributed by atoms with van der Waals surface area (Å²) in [4.78, 5) is 14.6. The maximum Gasteiger partial charge on any atom is 0.227 e. The Bertz CT molecular complexity index is 559. The van der Waals surface area contributed by atoms with Crippen molar-refractivity contribution in [3.05, 3.63) is 23.8 Å². The lowest BCUT2D eigenvalue weighted by molar-refractivity contribution is -0.136. The van der Waals surface area contributed by atoms with Crippen LogP contribution in [0.5, 0.6) is 11.5 Å². The molecule has 22 heavy (non-hydrogen) atoms. The SMILES string of the molecule is CC(N)C(C)C(=O)N1CCCC1c1ccc2c(c1)OCCO2. The van der Waals surface area contributed by atoms with E-state index < -0.39 is 0 Å². The molecule has 1 saturated heterocycles. The highest BCUT2D eigenvalue weighted by Gasteiger charge is 2.34. The fourth-order valence-electron chi connectivity index (χ4n) is 3.13. The zero-order valence-electron chi connectivity index (χ0n) is 13.2. The van der Waals surface area contributed by atoms with Crippen molar-refractivity contribution >= 4 is 5.91 Å². The van der Waals surface area contributed by atoms with Crippen LogP contribution in [0.1, 0.15) is 38.3 Å². The molecule has 2 aliphatic rings. The van der Waals surface area contributed by atoms with Crippen molar-refractivity contribution in [3.8, 4) is 11.5 Å². The normalized spacial score (nSPS) is 23.2. The average molecular weight is 304 g/mol. The van der Waals surface area contributed by atoms with E-state index in [0.29, 0.717) is 13.2 Å². The van der Waals surface area contributed by atoms with E-state index in [1.165, 1.54) is 0 Å².